The van der Waals surface area contributed by atoms with Gasteiger partial charge >= 0.3 is 0 Å². The lowest BCUT2D eigenvalue weighted by atomic mass is 10.2. The van der Waals surface area contributed by atoms with E-state index in [4.69, 9.17) is 21.1 Å². The van der Waals surface area contributed by atoms with Gasteiger partial charge in [0, 0.05) is 50.0 Å². The van der Waals surface area contributed by atoms with E-state index in [1.165, 1.54) is 16.4 Å². The van der Waals surface area contributed by atoms with Gasteiger partial charge in [-0.15, -0.1) is 0 Å². The molecule has 2 aliphatic rings. The molecule has 0 spiro atoms. The van der Waals surface area contributed by atoms with E-state index in [0.717, 1.165) is 18.8 Å². The molecule has 2 fully saturated rings. The SMILES string of the molecule is O=C(COc1ccc(Cl)cc1S(=O)(=O)N1CCOCC1)N1CCN(c2ccccc2)CC1. The number of sulfonamides is 1. The molecule has 10 heteroatoms. The predicted octanol–water partition coefficient (Wildman–Crippen LogP) is 2.09. The first-order chi connectivity index (χ1) is 15.4. The molecule has 32 heavy (non-hydrogen) atoms. The maximum atomic E-state index is 13.1. The van der Waals surface area contributed by atoms with Gasteiger partial charge in [0.05, 0.1) is 13.2 Å². The van der Waals surface area contributed by atoms with Gasteiger partial charge in [0.2, 0.25) is 10.0 Å². The summed E-state index contributed by atoms with van der Waals surface area (Å²) in [7, 11) is -3.81. The van der Waals surface area contributed by atoms with Crippen molar-refractivity contribution < 1.29 is 22.7 Å². The number of nitrogens with zero attached hydrogens (tertiary/aromatic N) is 3. The van der Waals surface area contributed by atoms with E-state index in [-0.39, 0.29) is 41.3 Å². The lowest BCUT2D eigenvalue weighted by molar-refractivity contribution is -0.133. The van der Waals surface area contributed by atoms with Crippen LogP contribution in [0.25, 0.3) is 0 Å². The van der Waals surface area contributed by atoms with Crippen LogP contribution < -0.4 is 9.64 Å². The Morgan fingerprint density at radius 3 is 2.34 bits per heavy atom. The van der Waals surface area contributed by atoms with Crippen molar-refractivity contribution in [3.8, 4) is 5.75 Å². The quantitative estimate of drug-likeness (QED) is 0.631. The van der Waals surface area contributed by atoms with Gasteiger partial charge in [-0.3, -0.25) is 4.79 Å². The van der Waals surface area contributed by atoms with Gasteiger partial charge < -0.3 is 19.3 Å². The second kappa shape index (κ2) is 10.1. The number of halogens is 1. The Bertz CT molecular complexity index is 1040. The zero-order valence-corrected chi connectivity index (χ0v) is 19.2. The molecule has 0 atom stereocenters. The van der Waals surface area contributed by atoms with E-state index >= 15 is 0 Å². The Kier molecular flexibility index (Phi) is 7.20. The Morgan fingerprint density at radius 1 is 0.969 bits per heavy atom. The van der Waals surface area contributed by atoms with Crippen molar-refractivity contribution in [2.45, 2.75) is 4.90 Å². The molecule has 2 aliphatic heterocycles. The first kappa shape index (κ1) is 22.8. The van der Waals surface area contributed by atoms with Crippen LogP contribution in [0.4, 0.5) is 5.69 Å². The minimum Gasteiger partial charge on any atom is -0.482 e. The number of rotatable bonds is 6. The van der Waals surface area contributed by atoms with Crippen molar-refractivity contribution in [1.29, 1.82) is 0 Å². The largest absolute Gasteiger partial charge is 0.482 e. The van der Waals surface area contributed by atoms with Gasteiger partial charge in [-0.25, -0.2) is 8.42 Å². The Hall–Kier alpha value is -2.33. The van der Waals surface area contributed by atoms with Gasteiger partial charge in [0.25, 0.3) is 5.91 Å². The number of piperazine rings is 1. The number of ether oxygens (including phenoxy) is 2. The Morgan fingerprint density at radius 2 is 1.66 bits per heavy atom. The summed E-state index contributed by atoms with van der Waals surface area (Å²) in [4.78, 5) is 16.7. The molecule has 2 aromatic carbocycles. The summed E-state index contributed by atoms with van der Waals surface area (Å²) in [5.74, 6) is -0.0560. The van der Waals surface area contributed by atoms with Crippen LogP contribution in [0.2, 0.25) is 5.02 Å². The number of carbonyl (C=O) groups excluding carboxylic acids is 1. The molecule has 0 saturated carbocycles. The summed E-state index contributed by atoms with van der Waals surface area (Å²) in [5.41, 5.74) is 1.13. The number of para-hydroxylation sites is 1. The van der Waals surface area contributed by atoms with Gasteiger partial charge in [-0.05, 0) is 30.3 Å². The summed E-state index contributed by atoms with van der Waals surface area (Å²) in [6, 6.07) is 14.5. The van der Waals surface area contributed by atoms with Gasteiger partial charge in [-0.2, -0.15) is 4.31 Å². The molecule has 0 N–H and O–H groups in total. The average molecular weight is 480 g/mol. The summed E-state index contributed by atoms with van der Waals surface area (Å²) < 4.78 is 38.5. The van der Waals surface area contributed by atoms with Crippen molar-refractivity contribution in [2.75, 3.05) is 64.0 Å². The molecule has 2 heterocycles. The zero-order valence-electron chi connectivity index (χ0n) is 17.7. The number of benzene rings is 2. The van der Waals surface area contributed by atoms with Crippen molar-refractivity contribution in [3.05, 3.63) is 53.6 Å². The fourth-order valence-electron chi connectivity index (χ4n) is 3.81. The van der Waals surface area contributed by atoms with E-state index < -0.39 is 10.0 Å². The summed E-state index contributed by atoms with van der Waals surface area (Å²) >= 11 is 6.07. The number of morpholine rings is 1. The van der Waals surface area contributed by atoms with Crippen molar-refractivity contribution in [3.63, 3.8) is 0 Å². The minimum atomic E-state index is -3.81. The van der Waals surface area contributed by atoms with Gasteiger partial charge in [-0.1, -0.05) is 29.8 Å². The van der Waals surface area contributed by atoms with Crippen LogP contribution in [-0.4, -0.2) is 82.6 Å². The molecule has 2 aromatic rings. The van der Waals surface area contributed by atoms with E-state index in [1.54, 1.807) is 11.0 Å². The maximum absolute atomic E-state index is 13.1. The molecule has 0 unspecified atom stereocenters. The molecule has 0 aromatic heterocycles. The normalized spacial score (nSPS) is 17.9. The average Bonchev–Trinajstić information content (AvgIpc) is 2.84. The third kappa shape index (κ3) is 5.17. The highest BCUT2D eigenvalue weighted by atomic mass is 35.5. The number of anilines is 1. The maximum Gasteiger partial charge on any atom is 0.260 e. The molecule has 172 valence electrons. The first-order valence-electron chi connectivity index (χ1n) is 10.5. The highest BCUT2D eigenvalue weighted by Gasteiger charge is 2.30. The first-order valence-corrected chi connectivity index (χ1v) is 12.3. The second-order valence-electron chi connectivity index (χ2n) is 7.60. The highest BCUT2D eigenvalue weighted by molar-refractivity contribution is 7.89. The lowest BCUT2D eigenvalue weighted by Gasteiger charge is -2.36. The molecular weight excluding hydrogens is 454 g/mol. The lowest BCUT2D eigenvalue weighted by Crippen LogP contribution is -2.50. The monoisotopic (exact) mass is 479 g/mol. The van der Waals surface area contributed by atoms with E-state index in [1.807, 2.05) is 18.2 Å². The van der Waals surface area contributed by atoms with Crippen molar-refractivity contribution >= 4 is 33.2 Å². The van der Waals surface area contributed by atoms with E-state index in [2.05, 4.69) is 17.0 Å². The van der Waals surface area contributed by atoms with Crippen LogP contribution >= 0.6 is 11.6 Å². The molecule has 8 nitrogen and oxygen atoms in total. The van der Waals surface area contributed by atoms with Crippen molar-refractivity contribution in [1.82, 2.24) is 9.21 Å². The summed E-state index contributed by atoms with van der Waals surface area (Å²) in [6.07, 6.45) is 0. The van der Waals surface area contributed by atoms with Crippen LogP contribution in [0.3, 0.4) is 0 Å². The van der Waals surface area contributed by atoms with Crippen LogP contribution in [0.5, 0.6) is 5.75 Å². The minimum absolute atomic E-state index is 0.0337. The smallest absolute Gasteiger partial charge is 0.260 e. The van der Waals surface area contributed by atoms with Gasteiger partial charge in [0.1, 0.15) is 10.6 Å². The molecular formula is C22H26ClN3O5S. The second-order valence-corrected chi connectivity index (χ2v) is 9.94. The molecule has 4 rings (SSSR count). The molecule has 0 aliphatic carbocycles. The van der Waals surface area contributed by atoms with Crippen LogP contribution in [0, 0.1) is 0 Å². The van der Waals surface area contributed by atoms with Crippen LogP contribution in [-0.2, 0) is 19.6 Å². The van der Waals surface area contributed by atoms with E-state index in [9.17, 15) is 13.2 Å². The molecule has 0 radical (unpaired) electrons. The fraction of sp³-hybridized carbons (Fsp3) is 0.409. The third-order valence-electron chi connectivity index (χ3n) is 5.60. The Balaban J connectivity index is 1.39. The predicted molar refractivity (Wildman–Crippen MR) is 122 cm³/mol. The summed E-state index contributed by atoms with van der Waals surface area (Å²) in [5, 5.41) is 0.285. The molecule has 2 saturated heterocycles. The third-order valence-corrected chi connectivity index (χ3v) is 7.75. The number of carbonyl (C=O) groups is 1. The molecule has 0 bridgehead atoms. The Labute approximate surface area is 193 Å². The standard InChI is InChI=1S/C22H26ClN3O5S/c23-18-6-7-20(21(16-18)32(28,29)26-12-14-30-15-13-26)31-17-22(27)25-10-8-24(9-11-25)19-4-2-1-3-5-19/h1-7,16H,8-15,17H2. The number of hydrogen-bond donors (Lipinski definition) is 0. The summed E-state index contributed by atoms with van der Waals surface area (Å²) in [6.45, 7) is 3.58. The van der Waals surface area contributed by atoms with Crippen LogP contribution in [0.1, 0.15) is 0 Å². The van der Waals surface area contributed by atoms with E-state index in [0.29, 0.717) is 26.3 Å². The number of amides is 1. The fourth-order valence-corrected chi connectivity index (χ4v) is 5.61. The highest BCUT2D eigenvalue weighted by Crippen LogP contribution is 2.30. The topological polar surface area (TPSA) is 79.4 Å². The van der Waals surface area contributed by atoms with Crippen LogP contribution in [0.15, 0.2) is 53.4 Å². The zero-order chi connectivity index (χ0) is 22.6. The van der Waals surface area contributed by atoms with Crippen molar-refractivity contribution in [2.24, 2.45) is 0 Å². The van der Waals surface area contributed by atoms with Gasteiger partial charge in [0.15, 0.2) is 6.61 Å². The molecule has 1 amide bonds. The number of hydrogen-bond acceptors (Lipinski definition) is 6.